The van der Waals surface area contributed by atoms with Gasteiger partial charge in [-0.05, 0) is 50.1 Å². The molecule has 0 unspecified atom stereocenters. The second kappa shape index (κ2) is 9.11. The minimum atomic E-state index is -4.06. The predicted octanol–water partition coefficient (Wildman–Crippen LogP) is 4.79. The van der Waals surface area contributed by atoms with Crippen molar-refractivity contribution in [2.24, 2.45) is 17.3 Å². The minimum Gasteiger partial charge on any atom is -0.381 e. The number of hydrogen-bond acceptors (Lipinski definition) is 2. The van der Waals surface area contributed by atoms with E-state index in [1.165, 1.54) is 38.8 Å². The van der Waals surface area contributed by atoms with Crippen molar-refractivity contribution < 1.29 is 17.9 Å². The molecule has 1 atom stereocenters. The normalized spacial score (nSPS) is 25.5. The van der Waals surface area contributed by atoms with Gasteiger partial charge in [-0.3, -0.25) is 0 Å². The van der Waals surface area contributed by atoms with E-state index in [1.54, 1.807) is 0 Å². The molecule has 2 aliphatic rings. The molecular formula is C17H32F3NO. The summed E-state index contributed by atoms with van der Waals surface area (Å²) in [5.41, 5.74) is 0.634. The van der Waals surface area contributed by atoms with Crippen molar-refractivity contribution in [3.8, 4) is 0 Å². The number of piperidine rings is 1. The van der Waals surface area contributed by atoms with Crippen LogP contribution in [0.5, 0.6) is 0 Å². The molecular weight excluding hydrogens is 291 g/mol. The number of ether oxygens (including phenoxy) is 1. The van der Waals surface area contributed by atoms with Gasteiger partial charge < -0.3 is 10.1 Å². The van der Waals surface area contributed by atoms with Gasteiger partial charge in [0.15, 0.2) is 0 Å². The molecule has 2 rings (SSSR count). The van der Waals surface area contributed by atoms with E-state index in [1.807, 2.05) is 0 Å². The fraction of sp³-hybridized carbons (Fsp3) is 1.00. The third kappa shape index (κ3) is 6.07. The lowest BCUT2D eigenvalue weighted by molar-refractivity contribution is -0.199. The summed E-state index contributed by atoms with van der Waals surface area (Å²) < 4.78 is 40.3. The third-order valence-corrected chi connectivity index (χ3v) is 5.34. The summed E-state index contributed by atoms with van der Waals surface area (Å²) in [7, 11) is 0. The molecule has 2 aliphatic heterocycles. The SMILES string of the molecule is CCC(CC)C1(C)CCNCC1.FC(F)(F)[C@H]1CCCOC1. The lowest BCUT2D eigenvalue weighted by Gasteiger charge is -2.40. The number of hydrogen-bond donors (Lipinski definition) is 1. The molecule has 0 radical (unpaired) electrons. The number of rotatable bonds is 3. The Labute approximate surface area is 133 Å². The van der Waals surface area contributed by atoms with Crippen LogP contribution in [0, 0.1) is 17.3 Å². The van der Waals surface area contributed by atoms with Crippen LogP contribution in [-0.2, 0) is 4.74 Å². The van der Waals surface area contributed by atoms with Crippen LogP contribution in [0.2, 0.25) is 0 Å². The Morgan fingerprint density at radius 3 is 2.14 bits per heavy atom. The van der Waals surface area contributed by atoms with Crippen LogP contribution in [0.25, 0.3) is 0 Å². The van der Waals surface area contributed by atoms with Crippen LogP contribution in [-0.4, -0.2) is 32.5 Å². The van der Waals surface area contributed by atoms with Crippen LogP contribution in [0.1, 0.15) is 59.3 Å². The molecule has 0 saturated carbocycles. The Morgan fingerprint density at radius 1 is 1.18 bits per heavy atom. The molecule has 0 aromatic carbocycles. The van der Waals surface area contributed by atoms with Crippen molar-refractivity contribution in [2.75, 3.05) is 26.3 Å². The van der Waals surface area contributed by atoms with E-state index in [-0.39, 0.29) is 13.0 Å². The van der Waals surface area contributed by atoms with Gasteiger partial charge in [0.1, 0.15) is 0 Å². The van der Waals surface area contributed by atoms with Crippen LogP contribution >= 0.6 is 0 Å². The van der Waals surface area contributed by atoms with Gasteiger partial charge in [-0.15, -0.1) is 0 Å². The lowest BCUT2D eigenvalue weighted by atomic mass is 9.68. The molecule has 2 heterocycles. The predicted molar refractivity (Wildman–Crippen MR) is 83.9 cm³/mol. The molecule has 22 heavy (non-hydrogen) atoms. The summed E-state index contributed by atoms with van der Waals surface area (Å²) in [6.45, 7) is 9.94. The summed E-state index contributed by atoms with van der Waals surface area (Å²) in [5.74, 6) is -0.277. The Morgan fingerprint density at radius 2 is 1.77 bits per heavy atom. The number of nitrogens with one attached hydrogen (secondary N) is 1. The second-order valence-electron chi connectivity index (χ2n) is 6.87. The second-order valence-corrected chi connectivity index (χ2v) is 6.87. The van der Waals surface area contributed by atoms with Crippen molar-refractivity contribution in [1.29, 1.82) is 0 Å². The highest BCUT2D eigenvalue weighted by atomic mass is 19.4. The van der Waals surface area contributed by atoms with Crippen LogP contribution < -0.4 is 5.32 Å². The average molecular weight is 323 g/mol. The van der Waals surface area contributed by atoms with E-state index >= 15 is 0 Å². The van der Waals surface area contributed by atoms with Gasteiger partial charge in [0.2, 0.25) is 0 Å². The molecule has 2 saturated heterocycles. The fourth-order valence-corrected chi connectivity index (χ4v) is 3.68. The molecule has 0 aliphatic carbocycles. The van der Waals surface area contributed by atoms with E-state index in [4.69, 9.17) is 0 Å². The van der Waals surface area contributed by atoms with Gasteiger partial charge in [-0.25, -0.2) is 0 Å². The van der Waals surface area contributed by atoms with Crippen molar-refractivity contribution in [2.45, 2.75) is 65.5 Å². The molecule has 0 amide bonds. The Hall–Kier alpha value is -0.290. The van der Waals surface area contributed by atoms with Gasteiger partial charge in [0, 0.05) is 6.61 Å². The van der Waals surface area contributed by atoms with Gasteiger partial charge in [0.05, 0.1) is 12.5 Å². The highest BCUT2D eigenvalue weighted by Crippen LogP contribution is 2.39. The van der Waals surface area contributed by atoms with Crippen LogP contribution in [0.3, 0.4) is 0 Å². The largest absolute Gasteiger partial charge is 0.394 e. The van der Waals surface area contributed by atoms with Crippen LogP contribution in [0.15, 0.2) is 0 Å². The molecule has 5 heteroatoms. The van der Waals surface area contributed by atoms with E-state index < -0.39 is 12.1 Å². The zero-order valence-electron chi connectivity index (χ0n) is 14.3. The number of halogens is 3. The van der Waals surface area contributed by atoms with Gasteiger partial charge in [-0.2, -0.15) is 13.2 Å². The average Bonchev–Trinajstić information content (AvgIpc) is 2.50. The Balaban J connectivity index is 0.000000224. The maximum Gasteiger partial charge on any atom is 0.394 e. The van der Waals surface area contributed by atoms with Crippen molar-refractivity contribution in [3.63, 3.8) is 0 Å². The molecule has 0 spiro atoms. The van der Waals surface area contributed by atoms with E-state index in [0.717, 1.165) is 5.92 Å². The zero-order valence-corrected chi connectivity index (χ0v) is 14.3. The molecule has 2 nitrogen and oxygen atoms in total. The topological polar surface area (TPSA) is 21.3 Å². The quantitative estimate of drug-likeness (QED) is 0.806. The first-order valence-electron chi connectivity index (χ1n) is 8.68. The van der Waals surface area contributed by atoms with Crippen LogP contribution in [0.4, 0.5) is 13.2 Å². The lowest BCUT2D eigenvalue weighted by Crippen LogP contribution is -2.39. The number of alkyl halides is 3. The molecule has 0 aromatic rings. The highest BCUT2D eigenvalue weighted by Gasteiger charge is 2.40. The van der Waals surface area contributed by atoms with Gasteiger partial charge >= 0.3 is 6.18 Å². The first-order valence-corrected chi connectivity index (χ1v) is 8.68. The van der Waals surface area contributed by atoms with Gasteiger partial charge in [-0.1, -0.05) is 33.6 Å². The first kappa shape index (κ1) is 19.8. The maximum atomic E-state index is 11.9. The molecule has 0 aromatic heterocycles. The summed E-state index contributed by atoms with van der Waals surface area (Å²) in [5, 5.41) is 3.44. The Kier molecular flexibility index (Phi) is 8.19. The summed E-state index contributed by atoms with van der Waals surface area (Å²) in [6, 6.07) is 0. The van der Waals surface area contributed by atoms with E-state index in [0.29, 0.717) is 18.4 Å². The highest BCUT2D eigenvalue weighted by molar-refractivity contribution is 4.85. The summed E-state index contributed by atoms with van der Waals surface area (Å²) in [6.07, 6.45) is 2.16. The first-order chi connectivity index (χ1) is 10.3. The molecule has 0 bridgehead atoms. The molecule has 1 N–H and O–H groups in total. The van der Waals surface area contributed by atoms with Crippen molar-refractivity contribution in [1.82, 2.24) is 5.32 Å². The van der Waals surface area contributed by atoms with Gasteiger partial charge in [0.25, 0.3) is 0 Å². The minimum absolute atomic E-state index is 0.149. The smallest absolute Gasteiger partial charge is 0.381 e. The van der Waals surface area contributed by atoms with Crippen molar-refractivity contribution in [3.05, 3.63) is 0 Å². The van der Waals surface area contributed by atoms with Crippen molar-refractivity contribution >= 4 is 0 Å². The standard InChI is InChI=1S/C11H23N.C6H9F3O/c1-4-10(5-2)11(3)6-8-12-9-7-11;7-6(8,9)5-2-1-3-10-4-5/h10,12H,4-9H2,1-3H3;5H,1-4H2/t;5-/m.0/s1. The molecule has 132 valence electrons. The monoisotopic (exact) mass is 323 g/mol. The molecule has 2 fully saturated rings. The summed E-state index contributed by atoms with van der Waals surface area (Å²) in [4.78, 5) is 0. The van der Waals surface area contributed by atoms with E-state index in [2.05, 4.69) is 30.8 Å². The Bertz CT molecular complexity index is 291. The zero-order chi connectivity index (χ0) is 16.6. The maximum absolute atomic E-state index is 11.9. The van der Waals surface area contributed by atoms with E-state index in [9.17, 15) is 13.2 Å². The summed E-state index contributed by atoms with van der Waals surface area (Å²) >= 11 is 0. The third-order valence-electron chi connectivity index (χ3n) is 5.34. The fourth-order valence-electron chi connectivity index (χ4n) is 3.68.